The molecule has 0 fully saturated rings. The predicted octanol–water partition coefficient (Wildman–Crippen LogP) is 18.2. The maximum Gasteiger partial charge on any atom is 0.260 e. The van der Waals surface area contributed by atoms with Crippen molar-refractivity contribution in [1.82, 2.24) is 9.13 Å². The van der Waals surface area contributed by atoms with E-state index in [4.69, 9.17) is 9.47 Å². The molecule has 10 aromatic carbocycles. The van der Waals surface area contributed by atoms with Gasteiger partial charge in [-0.25, -0.2) is 0 Å². The van der Waals surface area contributed by atoms with Crippen LogP contribution in [0.25, 0.3) is 97.4 Å². The van der Waals surface area contributed by atoms with Crippen molar-refractivity contribution in [3.8, 4) is 56.6 Å². The lowest BCUT2D eigenvalue weighted by Gasteiger charge is -2.35. The molecule has 0 amide bonds. The summed E-state index contributed by atoms with van der Waals surface area (Å²) in [7, 11) is 0. The number of benzene rings is 10. The summed E-state index contributed by atoms with van der Waals surface area (Å²) in [6.45, 7) is 20.4. The van der Waals surface area contributed by atoms with Crippen molar-refractivity contribution >= 4 is 98.2 Å². The Labute approximate surface area is 460 Å². The van der Waals surface area contributed by atoms with Gasteiger partial charge in [0.1, 0.15) is 23.0 Å². The molecule has 4 nitrogen and oxygen atoms in total. The van der Waals surface area contributed by atoms with Gasteiger partial charge in [-0.15, -0.1) is 11.3 Å². The molecule has 0 atom stereocenters. The number of thiophene rings is 1. The fourth-order valence-corrected chi connectivity index (χ4v) is 14.0. The molecular weight excluding hydrogens is 968 g/mol. The van der Waals surface area contributed by atoms with E-state index in [2.05, 4.69) is 266 Å². The topological polar surface area (TPSA) is 28.3 Å². The Bertz CT molecular complexity index is 4580. The summed E-state index contributed by atoms with van der Waals surface area (Å²) >= 11 is 1.87. The number of ether oxygens (including phenoxy) is 2. The molecule has 13 aromatic rings. The highest BCUT2D eigenvalue weighted by Crippen LogP contribution is 2.48. The van der Waals surface area contributed by atoms with E-state index in [1.165, 1.54) is 97.2 Å². The van der Waals surface area contributed by atoms with E-state index < -0.39 is 0 Å². The Morgan fingerprint density at radius 3 is 1.60 bits per heavy atom. The fourth-order valence-electron chi connectivity index (χ4n) is 12.9. The van der Waals surface area contributed by atoms with E-state index in [0.29, 0.717) is 0 Å². The highest BCUT2D eigenvalue weighted by atomic mass is 32.1. The molecule has 0 bridgehead atoms. The minimum Gasteiger partial charge on any atom is -0.458 e. The van der Waals surface area contributed by atoms with Gasteiger partial charge in [0, 0.05) is 64.5 Å². The van der Waals surface area contributed by atoms with Crippen LogP contribution in [0.5, 0.6) is 23.0 Å². The summed E-state index contributed by atoms with van der Waals surface area (Å²) in [6.07, 6.45) is 0. The highest BCUT2D eigenvalue weighted by Gasteiger charge is 2.42. The number of nitrogens with zero attached hydrogens (tertiary/aromatic N) is 2. The SMILES string of the molecule is CC(C)(C)c1cc2c3c(c1)Oc1ccc(-c4c(-c5cccc6sc7ccccc7c56)cccc4-n4c5ccccc5c5ccccc54)cc1B3c1ccc(-n3c4ccc(C(C)(C)C)cc4c4cc(C(C)(C)C)ccc43)cc1O2. The lowest BCUT2D eigenvalue weighted by molar-refractivity contribution is 0.458. The lowest BCUT2D eigenvalue weighted by Crippen LogP contribution is -2.57. The molecule has 0 spiro atoms. The molecule has 15 rings (SSSR count). The highest BCUT2D eigenvalue weighted by molar-refractivity contribution is 7.26. The van der Waals surface area contributed by atoms with Crippen molar-refractivity contribution in [2.75, 3.05) is 0 Å². The van der Waals surface area contributed by atoms with Crippen molar-refractivity contribution in [1.29, 1.82) is 0 Å². The molecule has 2 aliphatic heterocycles. The number of hydrogen-bond acceptors (Lipinski definition) is 3. The summed E-state index contributed by atoms with van der Waals surface area (Å²) < 4.78 is 21.9. The number of rotatable bonds is 4. The van der Waals surface area contributed by atoms with Gasteiger partial charge in [-0.1, -0.05) is 172 Å². The first-order valence-corrected chi connectivity index (χ1v) is 28.3. The summed E-state index contributed by atoms with van der Waals surface area (Å²) in [5, 5.41) is 7.56. The van der Waals surface area contributed by atoms with E-state index in [-0.39, 0.29) is 23.0 Å². The van der Waals surface area contributed by atoms with Gasteiger partial charge in [0.2, 0.25) is 0 Å². The van der Waals surface area contributed by atoms with Gasteiger partial charge in [0.05, 0.1) is 27.8 Å². The van der Waals surface area contributed by atoms with E-state index in [1.54, 1.807) is 0 Å². The minimum absolute atomic E-state index is 0.00353. The summed E-state index contributed by atoms with van der Waals surface area (Å²) in [6, 6.07) is 72.8. The van der Waals surface area contributed by atoms with Crippen LogP contribution >= 0.6 is 11.3 Å². The quantitative estimate of drug-likeness (QED) is 0.164. The lowest BCUT2D eigenvalue weighted by atomic mass is 9.34. The Kier molecular flexibility index (Phi) is 9.99. The Balaban J connectivity index is 0.976. The zero-order chi connectivity index (χ0) is 53.1. The third-order valence-electron chi connectivity index (χ3n) is 16.9. The third kappa shape index (κ3) is 7.05. The standard InChI is InChI=1S/C72H59BN2O2S/c1-70(2,3)43-29-33-58-52(37-43)53-38-44(71(4,5)6)30-34-59(53)74(58)46-31-32-54-62(41-46)77-64-40-45(72(7,8)9)39-63-69(64)73(54)55-36-42(28-35-61(55)76-63)67-49(50-22-17-27-66-68(50)51-20-12-15-26-65(51)78-66)21-16-25-60(67)75-56-23-13-10-18-47(56)48-19-11-14-24-57(48)75/h10-41H,1-9H3. The average molecular weight is 1030 g/mol. The van der Waals surface area contributed by atoms with Crippen molar-refractivity contribution in [2.24, 2.45) is 0 Å². The zero-order valence-electron chi connectivity index (χ0n) is 45.7. The Morgan fingerprint density at radius 1 is 0.385 bits per heavy atom. The first-order valence-electron chi connectivity index (χ1n) is 27.5. The second-order valence-corrected chi connectivity index (χ2v) is 26.0. The molecule has 0 saturated heterocycles. The van der Waals surface area contributed by atoms with Crippen molar-refractivity contribution in [2.45, 2.75) is 78.6 Å². The van der Waals surface area contributed by atoms with Crippen LogP contribution in [0.15, 0.2) is 194 Å². The van der Waals surface area contributed by atoms with E-state index in [0.717, 1.165) is 56.3 Å². The molecule has 78 heavy (non-hydrogen) atoms. The smallest absolute Gasteiger partial charge is 0.260 e. The first-order chi connectivity index (χ1) is 37.6. The molecule has 0 N–H and O–H groups in total. The number of para-hydroxylation sites is 2. The third-order valence-corrected chi connectivity index (χ3v) is 18.1. The maximum atomic E-state index is 7.28. The average Bonchev–Trinajstić information content (AvgIpc) is 4.15. The van der Waals surface area contributed by atoms with E-state index in [9.17, 15) is 0 Å². The van der Waals surface area contributed by atoms with Crippen LogP contribution in [-0.4, -0.2) is 15.8 Å². The largest absolute Gasteiger partial charge is 0.458 e. The number of hydrogen-bond donors (Lipinski definition) is 0. The summed E-state index contributed by atoms with van der Waals surface area (Å²) in [5.41, 5.74) is 18.6. The normalized spacial score (nSPS) is 13.4. The minimum atomic E-state index is -0.166. The van der Waals surface area contributed by atoms with Gasteiger partial charge in [-0.3, -0.25) is 0 Å². The molecule has 0 aliphatic carbocycles. The van der Waals surface area contributed by atoms with Gasteiger partial charge in [-0.2, -0.15) is 0 Å². The molecule has 0 radical (unpaired) electrons. The van der Waals surface area contributed by atoms with Gasteiger partial charge in [-0.05, 0) is 139 Å². The van der Waals surface area contributed by atoms with Crippen molar-refractivity contribution in [3.63, 3.8) is 0 Å². The van der Waals surface area contributed by atoms with Crippen LogP contribution in [0.2, 0.25) is 0 Å². The maximum absolute atomic E-state index is 7.28. The van der Waals surface area contributed by atoms with Crippen LogP contribution in [0.3, 0.4) is 0 Å². The van der Waals surface area contributed by atoms with Gasteiger partial charge < -0.3 is 18.6 Å². The number of fused-ring (bicyclic) bond motifs is 13. The second kappa shape index (κ2) is 16.6. The first kappa shape index (κ1) is 46.9. The van der Waals surface area contributed by atoms with Crippen LogP contribution in [0.4, 0.5) is 0 Å². The molecule has 6 heteroatoms. The summed E-state index contributed by atoms with van der Waals surface area (Å²) in [4.78, 5) is 0. The summed E-state index contributed by atoms with van der Waals surface area (Å²) in [5.74, 6) is 3.41. The molecule has 0 unspecified atom stereocenters. The van der Waals surface area contributed by atoms with Crippen LogP contribution in [0.1, 0.15) is 79.0 Å². The molecular formula is C72H59BN2O2S. The molecule has 0 saturated carbocycles. The van der Waals surface area contributed by atoms with Crippen molar-refractivity contribution in [3.05, 3.63) is 211 Å². The van der Waals surface area contributed by atoms with E-state index in [1.807, 2.05) is 11.3 Å². The van der Waals surface area contributed by atoms with Crippen molar-refractivity contribution < 1.29 is 9.47 Å². The second-order valence-electron chi connectivity index (χ2n) is 24.9. The molecule has 3 aromatic heterocycles. The van der Waals surface area contributed by atoms with Gasteiger partial charge in [0.25, 0.3) is 6.71 Å². The van der Waals surface area contributed by atoms with Crippen LogP contribution < -0.4 is 25.9 Å². The Hall–Kier alpha value is -8.32. The van der Waals surface area contributed by atoms with E-state index >= 15 is 0 Å². The Morgan fingerprint density at radius 2 is 0.949 bits per heavy atom. The van der Waals surface area contributed by atoms with Gasteiger partial charge in [0.15, 0.2) is 0 Å². The molecule has 2 aliphatic rings. The number of aromatic nitrogens is 2. The molecule has 378 valence electrons. The predicted molar refractivity (Wildman–Crippen MR) is 333 cm³/mol. The monoisotopic (exact) mass is 1030 g/mol. The molecule has 5 heterocycles. The van der Waals surface area contributed by atoms with Crippen LogP contribution in [0, 0.1) is 0 Å². The zero-order valence-corrected chi connectivity index (χ0v) is 46.5. The van der Waals surface area contributed by atoms with Crippen LogP contribution in [-0.2, 0) is 16.2 Å². The fraction of sp³-hybridized carbons (Fsp3) is 0.167. The van der Waals surface area contributed by atoms with Gasteiger partial charge >= 0.3 is 0 Å².